The van der Waals surface area contributed by atoms with Crippen molar-refractivity contribution in [1.82, 2.24) is 0 Å². The molecule has 1 heterocycles. The molecular weight excluding hydrogens is 556 g/mol. The van der Waals surface area contributed by atoms with Gasteiger partial charge in [-0.15, -0.1) is 0 Å². The minimum absolute atomic E-state index is 0.300. The van der Waals surface area contributed by atoms with Gasteiger partial charge in [-0.3, -0.25) is 0 Å². The topological polar surface area (TPSA) is 47.9 Å². The van der Waals surface area contributed by atoms with E-state index >= 15 is 0 Å². The molecule has 0 N–H and O–H groups in total. The Labute approximate surface area is 180 Å². The molecular formula is C20H17I2NO3. The Kier molecular flexibility index (Phi) is 6.33. The van der Waals surface area contributed by atoms with Crippen LogP contribution in [0.3, 0.4) is 0 Å². The minimum Gasteiger partial charge on any atom is -0.491 e. The molecule has 2 aromatic carbocycles. The van der Waals surface area contributed by atoms with Crippen LogP contribution in [0.15, 0.2) is 47.1 Å². The van der Waals surface area contributed by atoms with Crippen molar-refractivity contribution in [3.8, 4) is 5.75 Å². The van der Waals surface area contributed by atoms with Gasteiger partial charge in [0.2, 0.25) is 5.90 Å². The first-order valence-corrected chi connectivity index (χ1v) is 10.3. The van der Waals surface area contributed by atoms with Crippen molar-refractivity contribution >= 4 is 63.1 Å². The summed E-state index contributed by atoms with van der Waals surface area (Å²) in [6.45, 7) is 4.77. The number of nitrogens with zero attached hydrogens (tertiary/aromatic N) is 1. The highest BCUT2D eigenvalue weighted by Gasteiger charge is 2.24. The second kappa shape index (κ2) is 8.51. The molecule has 0 saturated carbocycles. The number of esters is 1. The summed E-state index contributed by atoms with van der Waals surface area (Å²) in [4.78, 5) is 16.5. The van der Waals surface area contributed by atoms with E-state index in [1.807, 2.05) is 43.3 Å². The second-order valence-corrected chi connectivity index (χ2v) is 8.19. The van der Waals surface area contributed by atoms with Gasteiger partial charge in [-0.05, 0) is 94.4 Å². The molecule has 3 rings (SSSR count). The fraction of sp³-hybridized carbons (Fsp3) is 0.200. The molecule has 4 nitrogen and oxygen atoms in total. The molecule has 0 unspecified atom stereocenters. The third kappa shape index (κ3) is 4.46. The molecule has 1 aliphatic rings. The van der Waals surface area contributed by atoms with Crippen molar-refractivity contribution in [2.24, 2.45) is 4.99 Å². The first-order chi connectivity index (χ1) is 12.5. The first kappa shape index (κ1) is 19.3. The minimum atomic E-state index is -0.433. The van der Waals surface area contributed by atoms with Crippen LogP contribution in [-0.4, -0.2) is 18.5 Å². The lowest BCUT2D eigenvalue weighted by Crippen LogP contribution is -2.05. The van der Waals surface area contributed by atoms with Crippen LogP contribution in [0.4, 0.5) is 0 Å². The van der Waals surface area contributed by atoms with E-state index < -0.39 is 5.97 Å². The van der Waals surface area contributed by atoms with E-state index in [1.165, 1.54) is 0 Å². The van der Waals surface area contributed by atoms with E-state index in [0.29, 0.717) is 18.2 Å². The smallest absolute Gasteiger partial charge is 0.363 e. The van der Waals surface area contributed by atoms with Crippen molar-refractivity contribution in [1.29, 1.82) is 0 Å². The van der Waals surface area contributed by atoms with Gasteiger partial charge in [-0.25, -0.2) is 9.79 Å². The lowest BCUT2D eigenvalue weighted by molar-refractivity contribution is -0.129. The molecule has 0 saturated heterocycles. The molecule has 2 aromatic rings. The summed E-state index contributed by atoms with van der Waals surface area (Å²) in [6, 6.07) is 11.7. The number of hydrogen-bond donors (Lipinski definition) is 0. The fourth-order valence-corrected chi connectivity index (χ4v) is 4.52. The van der Waals surface area contributed by atoms with E-state index in [0.717, 1.165) is 36.0 Å². The van der Waals surface area contributed by atoms with Gasteiger partial charge in [0.1, 0.15) is 5.75 Å². The number of halogens is 2. The average Bonchev–Trinajstić information content (AvgIpc) is 2.95. The molecule has 6 heteroatoms. The zero-order valence-corrected chi connectivity index (χ0v) is 18.7. The molecule has 0 radical (unpaired) electrons. The van der Waals surface area contributed by atoms with E-state index in [-0.39, 0.29) is 0 Å². The van der Waals surface area contributed by atoms with Crippen LogP contribution in [0.5, 0.6) is 5.75 Å². The van der Waals surface area contributed by atoms with Crippen LogP contribution in [0.1, 0.15) is 30.0 Å². The van der Waals surface area contributed by atoms with Crippen LogP contribution >= 0.6 is 45.2 Å². The Morgan fingerprint density at radius 3 is 2.42 bits per heavy atom. The molecule has 0 bridgehead atoms. The molecule has 0 fully saturated rings. The first-order valence-electron chi connectivity index (χ1n) is 8.19. The Morgan fingerprint density at radius 1 is 1.15 bits per heavy atom. The van der Waals surface area contributed by atoms with Crippen LogP contribution in [0.2, 0.25) is 0 Å². The maximum absolute atomic E-state index is 12.2. The summed E-state index contributed by atoms with van der Waals surface area (Å²) in [6.07, 6.45) is 2.71. The third-order valence-corrected chi connectivity index (χ3v) is 5.30. The highest BCUT2D eigenvalue weighted by atomic mass is 127. The van der Waals surface area contributed by atoms with Gasteiger partial charge in [-0.2, -0.15) is 0 Å². The Bertz CT molecular complexity index is 879. The van der Waals surface area contributed by atoms with Crippen molar-refractivity contribution in [3.63, 3.8) is 0 Å². The van der Waals surface area contributed by atoms with Crippen LogP contribution in [-0.2, 0) is 9.53 Å². The van der Waals surface area contributed by atoms with Gasteiger partial charge in [0.15, 0.2) is 5.70 Å². The van der Waals surface area contributed by atoms with E-state index in [2.05, 4.69) is 57.1 Å². The molecule has 0 amide bonds. The molecule has 0 atom stereocenters. The van der Waals surface area contributed by atoms with E-state index in [4.69, 9.17) is 9.47 Å². The Balaban J connectivity index is 1.89. The number of hydrogen-bond acceptors (Lipinski definition) is 4. The monoisotopic (exact) mass is 573 g/mol. The molecule has 134 valence electrons. The maximum atomic E-state index is 12.2. The van der Waals surface area contributed by atoms with Gasteiger partial charge in [0.05, 0.1) is 13.7 Å². The molecule has 26 heavy (non-hydrogen) atoms. The van der Waals surface area contributed by atoms with Crippen molar-refractivity contribution in [2.75, 3.05) is 6.61 Å². The highest BCUT2D eigenvalue weighted by molar-refractivity contribution is 14.1. The van der Waals surface area contributed by atoms with Gasteiger partial charge in [-0.1, -0.05) is 24.6 Å². The highest BCUT2D eigenvalue weighted by Crippen LogP contribution is 2.30. The normalized spacial score (nSPS) is 15.2. The summed E-state index contributed by atoms with van der Waals surface area (Å²) in [7, 11) is 0. The number of ether oxygens (including phenoxy) is 2. The summed E-state index contributed by atoms with van der Waals surface area (Å²) in [5, 5.41) is 0. The van der Waals surface area contributed by atoms with E-state index in [9.17, 15) is 4.79 Å². The predicted octanol–water partition coefficient (Wildman–Crippen LogP) is 5.34. The number of aryl methyl sites for hydroxylation is 1. The van der Waals surface area contributed by atoms with Gasteiger partial charge < -0.3 is 9.47 Å². The summed E-state index contributed by atoms with van der Waals surface area (Å²) < 4.78 is 13.1. The van der Waals surface area contributed by atoms with Crippen LogP contribution in [0, 0.1) is 14.1 Å². The number of cyclic esters (lactones) is 1. The summed E-state index contributed by atoms with van der Waals surface area (Å²) >= 11 is 4.50. The van der Waals surface area contributed by atoms with Crippen LogP contribution in [0.25, 0.3) is 6.08 Å². The lowest BCUT2D eigenvalue weighted by atomic mass is 10.1. The zero-order chi connectivity index (χ0) is 18.7. The number of benzene rings is 2. The number of carbonyl (C=O) groups excluding carboxylic acids is 1. The third-order valence-electron chi connectivity index (χ3n) is 3.69. The maximum Gasteiger partial charge on any atom is 0.363 e. The van der Waals surface area contributed by atoms with Gasteiger partial charge in [0, 0.05) is 5.56 Å². The van der Waals surface area contributed by atoms with E-state index in [1.54, 1.807) is 6.08 Å². The largest absolute Gasteiger partial charge is 0.491 e. The van der Waals surface area contributed by atoms with Crippen LogP contribution < -0.4 is 4.74 Å². The van der Waals surface area contributed by atoms with Crippen molar-refractivity contribution < 1.29 is 14.3 Å². The number of aliphatic imine (C=N–C) groups is 1. The van der Waals surface area contributed by atoms with Crippen molar-refractivity contribution in [3.05, 3.63) is 65.9 Å². The zero-order valence-electron chi connectivity index (χ0n) is 14.4. The van der Waals surface area contributed by atoms with Gasteiger partial charge in [0.25, 0.3) is 0 Å². The quantitative estimate of drug-likeness (QED) is 0.276. The average molecular weight is 573 g/mol. The molecule has 0 aromatic heterocycles. The number of carbonyl (C=O) groups is 1. The van der Waals surface area contributed by atoms with Gasteiger partial charge >= 0.3 is 5.97 Å². The second-order valence-electron chi connectivity index (χ2n) is 5.86. The summed E-state index contributed by atoms with van der Waals surface area (Å²) in [5.74, 6) is 0.790. The molecule has 1 aliphatic heterocycles. The number of rotatable bonds is 5. The summed E-state index contributed by atoms with van der Waals surface area (Å²) in [5.41, 5.74) is 3.13. The SMILES string of the molecule is CCCOc1c(I)cc(/C=C2\N=C(c3ccc(C)cc3)OC2=O)cc1I. The fourth-order valence-electron chi connectivity index (χ4n) is 2.39. The Hall–Kier alpha value is -1.42. The Morgan fingerprint density at radius 2 is 1.81 bits per heavy atom. The van der Waals surface area contributed by atoms with Crippen molar-refractivity contribution in [2.45, 2.75) is 20.3 Å². The standard InChI is InChI=1S/C20H17I2NO3/c1-3-8-25-18-15(21)9-13(10-16(18)22)11-17-20(24)26-19(23-17)14-6-4-12(2)5-7-14/h4-7,9-11H,3,8H2,1-2H3/b17-11-. The molecule has 0 spiro atoms. The predicted molar refractivity (Wildman–Crippen MR) is 119 cm³/mol. The molecule has 0 aliphatic carbocycles. The lowest BCUT2D eigenvalue weighted by Gasteiger charge is -2.10.